The van der Waals surface area contributed by atoms with Gasteiger partial charge in [0, 0.05) is 16.0 Å². The summed E-state index contributed by atoms with van der Waals surface area (Å²) in [4.78, 5) is 9.35. The number of hydrazone groups is 1. The van der Waals surface area contributed by atoms with Gasteiger partial charge in [-0.2, -0.15) is 20.3 Å². The molecule has 0 bridgehead atoms. The molecule has 4 rings (SSSR count). The van der Waals surface area contributed by atoms with Crippen LogP contribution in [0, 0.1) is 11.3 Å². The minimum atomic E-state index is -3.63. The first-order chi connectivity index (χ1) is 22.9. The third-order valence-electron chi connectivity index (χ3n) is 8.72. The Labute approximate surface area is 293 Å². The molecule has 0 saturated heterocycles. The Kier molecular flexibility index (Phi) is 12.6. The van der Waals surface area contributed by atoms with Crippen LogP contribution in [0.3, 0.4) is 0 Å². The number of unbranched alkanes of at least 4 members (excludes halogenated alkanes) is 10. The van der Waals surface area contributed by atoms with Crippen molar-refractivity contribution in [2.75, 3.05) is 16.2 Å². The Morgan fingerprint density at radius 2 is 1.31 bits per heavy atom. The number of fused-ring (bicyclic) bond motifs is 2. The molecule has 2 aliphatic heterocycles. The first-order valence-corrected chi connectivity index (χ1v) is 21.3. The number of aliphatic imine (C=N–C) groups is 1. The summed E-state index contributed by atoms with van der Waals surface area (Å²) in [7, 11) is -7.23. The highest BCUT2D eigenvalue weighted by Crippen LogP contribution is 2.35. The largest absolute Gasteiger partial charge is 0.258 e. The van der Waals surface area contributed by atoms with E-state index in [1.807, 2.05) is 26.8 Å². The molecule has 16 heteroatoms. The van der Waals surface area contributed by atoms with Gasteiger partial charge >= 0.3 is 0 Å². The maximum Gasteiger partial charge on any atom is 0.258 e. The fourth-order valence-corrected chi connectivity index (χ4v) is 8.29. The van der Waals surface area contributed by atoms with Crippen molar-refractivity contribution in [2.24, 2.45) is 21.4 Å². The number of hydrogen-bond donors (Lipinski definition) is 3. The van der Waals surface area contributed by atoms with Gasteiger partial charge in [0.05, 0.1) is 28.8 Å². The lowest BCUT2D eigenvalue weighted by Crippen LogP contribution is -2.44. The second kappa shape index (κ2) is 15.9. The van der Waals surface area contributed by atoms with E-state index in [0.717, 1.165) is 75.6 Å². The van der Waals surface area contributed by atoms with Crippen molar-refractivity contribution < 1.29 is 16.8 Å². The number of aromatic nitrogens is 4. The van der Waals surface area contributed by atoms with Crippen LogP contribution in [0.2, 0.25) is 0 Å². The van der Waals surface area contributed by atoms with E-state index in [0.29, 0.717) is 23.7 Å². The van der Waals surface area contributed by atoms with Gasteiger partial charge in [0.15, 0.2) is 11.8 Å². The van der Waals surface area contributed by atoms with Crippen LogP contribution in [0.15, 0.2) is 10.1 Å². The van der Waals surface area contributed by atoms with Crippen molar-refractivity contribution in [1.29, 1.82) is 0 Å². The van der Waals surface area contributed by atoms with Crippen molar-refractivity contribution >= 4 is 49.4 Å². The molecule has 0 amide bonds. The van der Waals surface area contributed by atoms with Crippen LogP contribution in [0.5, 0.6) is 0 Å². The summed E-state index contributed by atoms with van der Waals surface area (Å²) in [5, 5.41) is 16.3. The molecule has 0 spiro atoms. The molecule has 2 aliphatic rings. The van der Waals surface area contributed by atoms with Gasteiger partial charge in [0.1, 0.15) is 0 Å². The normalized spacial score (nSPS) is 18.9. The molecule has 276 valence electrons. The molecular weight excluding hydrogens is 665 g/mol. The minimum absolute atomic E-state index is 0.00323. The molecule has 2 aromatic heterocycles. The highest BCUT2D eigenvalue weighted by Gasteiger charge is 2.45. The number of nitrogens with zero attached hydrogens (tertiary/aromatic N) is 7. The Morgan fingerprint density at radius 1 is 0.755 bits per heavy atom. The standard InChI is InChI=1S/C33H58N10O4S2/c1-9-11-13-15-17-19-21-48(44,45)40-30-34-28-24(26(32(3,4)5)36-42(28)38-30)23-25-27(33(6,7)8)37-43-29(25)35-31(39-43)41-49(46,47)22-20-18-16-14-12-10-2/h23-24,28H,9-22H2,1-8H3,(H,39,41)(H2,34,38,40). The summed E-state index contributed by atoms with van der Waals surface area (Å²) >= 11 is 0. The third kappa shape index (κ3) is 10.5. The number of anilines is 1. The zero-order valence-electron chi connectivity index (χ0n) is 30.7. The molecule has 2 unspecified atom stereocenters. The van der Waals surface area contributed by atoms with E-state index >= 15 is 0 Å². The van der Waals surface area contributed by atoms with E-state index in [9.17, 15) is 16.8 Å². The van der Waals surface area contributed by atoms with E-state index in [2.05, 4.69) is 59.6 Å². The van der Waals surface area contributed by atoms with Crippen molar-refractivity contribution in [3.63, 3.8) is 0 Å². The van der Waals surface area contributed by atoms with Crippen molar-refractivity contribution in [1.82, 2.24) is 35.1 Å². The van der Waals surface area contributed by atoms with Gasteiger partial charge in [0.25, 0.3) is 5.95 Å². The van der Waals surface area contributed by atoms with E-state index < -0.39 is 31.6 Å². The molecule has 49 heavy (non-hydrogen) atoms. The quantitative estimate of drug-likeness (QED) is 0.182. The fraction of sp³-hybridized carbons (Fsp3) is 0.788. The number of guanidine groups is 1. The summed E-state index contributed by atoms with van der Waals surface area (Å²) in [6.45, 7) is 16.6. The second-order valence-corrected chi connectivity index (χ2v) is 19.1. The van der Waals surface area contributed by atoms with E-state index in [1.165, 1.54) is 4.63 Å². The topological polar surface area (TPSA) is 175 Å². The van der Waals surface area contributed by atoms with Gasteiger partial charge in [-0.3, -0.25) is 4.72 Å². The zero-order chi connectivity index (χ0) is 36.0. The smallest absolute Gasteiger partial charge is 0.252 e. The Hall–Kier alpha value is -3.01. The molecule has 3 N–H and O–H groups in total. The minimum Gasteiger partial charge on any atom is -0.252 e. The van der Waals surface area contributed by atoms with Crippen LogP contribution in [0.4, 0.5) is 5.95 Å². The molecule has 0 saturated carbocycles. The van der Waals surface area contributed by atoms with Gasteiger partial charge in [-0.15, -0.1) is 9.73 Å². The van der Waals surface area contributed by atoms with Gasteiger partial charge in [-0.25, -0.2) is 32.0 Å². The lowest BCUT2D eigenvalue weighted by Gasteiger charge is -2.23. The predicted molar refractivity (Wildman–Crippen MR) is 197 cm³/mol. The van der Waals surface area contributed by atoms with Crippen molar-refractivity contribution in [3.05, 3.63) is 10.9 Å². The molecule has 0 aromatic carbocycles. The number of nitrogens with one attached hydrogen (secondary N) is 3. The molecule has 14 nitrogen and oxygen atoms in total. The Balaban J connectivity index is 1.59. The Morgan fingerprint density at radius 3 is 1.86 bits per heavy atom. The van der Waals surface area contributed by atoms with Gasteiger partial charge in [-0.05, 0) is 12.8 Å². The SMILES string of the molecule is CCCCCCCCS(=O)(=O)NC1=NC2C(C=c3c(C(C)(C)C)nn4nc(NS(=O)(=O)CCCCCCCC)nc34)C(C(C)(C)C)=NN2N1. The molecule has 2 atom stereocenters. The van der Waals surface area contributed by atoms with Crippen LogP contribution in [-0.4, -0.2) is 71.1 Å². The van der Waals surface area contributed by atoms with Crippen LogP contribution in [0.1, 0.15) is 138 Å². The van der Waals surface area contributed by atoms with E-state index in [4.69, 9.17) is 15.2 Å². The summed E-state index contributed by atoms with van der Waals surface area (Å²) in [6, 6.07) is 0. The molecular formula is C33H58N10O4S2. The van der Waals surface area contributed by atoms with Gasteiger partial charge < -0.3 is 0 Å². The molecule has 2 aromatic rings. The number of hydrogen-bond acceptors (Lipinski definition) is 11. The van der Waals surface area contributed by atoms with Gasteiger partial charge in [0.2, 0.25) is 26.0 Å². The van der Waals surface area contributed by atoms with E-state index in [1.54, 1.807) is 5.12 Å². The summed E-state index contributed by atoms with van der Waals surface area (Å²) < 4.78 is 58.1. The number of rotatable bonds is 18. The molecule has 0 radical (unpaired) electrons. The van der Waals surface area contributed by atoms with Crippen LogP contribution in [0.25, 0.3) is 11.7 Å². The molecule has 0 fully saturated rings. The highest BCUT2D eigenvalue weighted by atomic mass is 32.2. The lowest BCUT2D eigenvalue weighted by atomic mass is 9.80. The number of hydrazine groups is 1. The lowest BCUT2D eigenvalue weighted by molar-refractivity contribution is 0.212. The van der Waals surface area contributed by atoms with Gasteiger partial charge in [-0.1, -0.05) is 126 Å². The van der Waals surface area contributed by atoms with E-state index in [-0.39, 0.29) is 34.7 Å². The average Bonchev–Trinajstić information content (AvgIpc) is 3.72. The fourth-order valence-electron chi connectivity index (χ4n) is 6.16. The number of sulfonamides is 2. The summed E-state index contributed by atoms with van der Waals surface area (Å²) in [5.74, 6) is -0.225. The monoisotopic (exact) mass is 722 g/mol. The maximum atomic E-state index is 12.9. The van der Waals surface area contributed by atoms with Crippen LogP contribution < -0.4 is 20.1 Å². The average molecular weight is 723 g/mol. The molecule has 0 aliphatic carbocycles. The second-order valence-electron chi connectivity index (χ2n) is 15.4. The predicted octanol–water partition coefficient (Wildman–Crippen LogP) is 4.84. The first kappa shape index (κ1) is 38.8. The van der Waals surface area contributed by atoms with Crippen LogP contribution in [-0.2, 0) is 25.5 Å². The third-order valence-corrected chi connectivity index (χ3v) is 11.4. The summed E-state index contributed by atoms with van der Waals surface area (Å²) in [6.07, 6.45) is 13.2. The molecule has 4 heterocycles. The Bertz CT molecular complexity index is 1760. The van der Waals surface area contributed by atoms with Crippen molar-refractivity contribution in [2.45, 2.75) is 144 Å². The zero-order valence-corrected chi connectivity index (χ0v) is 32.3. The van der Waals surface area contributed by atoms with Crippen molar-refractivity contribution in [3.8, 4) is 0 Å². The summed E-state index contributed by atoms with van der Waals surface area (Å²) in [5.41, 5.74) is 4.32. The maximum absolute atomic E-state index is 12.9. The highest BCUT2D eigenvalue weighted by molar-refractivity contribution is 7.92. The first-order valence-electron chi connectivity index (χ1n) is 18.0. The van der Waals surface area contributed by atoms with Crippen LogP contribution >= 0.6 is 0 Å².